The van der Waals surface area contributed by atoms with Gasteiger partial charge in [-0.1, -0.05) is 157 Å². The standard InChI is InChI=1S/C46H30/c1-2-11-31(12-3-1)38-25-26-43-44(30-38)46(39-18-10-17-36(29-39)37-23-21-32-13-4-6-15-34(32)27-37)42-20-9-8-19-41(42)45(43)40-24-22-33-14-5-7-16-35(33)28-40/h1-30H/i1D,2D,3D,5D,7D,8D,9D,11D,12D,14D,16D,19D,20D,22D,24D,25D,26D,28D,30D. The topological polar surface area (TPSA) is 0 Å². The maximum atomic E-state index is 9.99. The highest BCUT2D eigenvalue weighted by Crippen LogP contribution is 2.45. The van der Waals surface area contributed by atoms with E-state index in [1.54, 1.807) is 24.3 Å². The molecule has 0 saturated carbocycles. The first-order chi connectivity index (χ1) is 30.7. The lowest BCUT2D eigenvalue weighted by Gasteiger charge is -2.19. The molecular formula is C46H30. The van der Waals surface area contributed by atoms with E-state index < -0.39 is 153 Å². The zero-order chi connectivity index (χ0) is 47.0. The van der Waals surface area contributed by atoms with Crippen LogP contribution in [0.5, 0.6) is 0 Å². The maximum Gasteiger partial charge on any atom is 0.0636 e. The molecule has 0 unspecified atom stereocenters. The Hall–Kier alpha value is -5.98. The average Bonchev–Trinajstić information content (AvgIpc) is 3.30. The Morgan fingerprint density at radius 3 is 1.80 bits per heavy atom. The van der Waals surface area contributed by atoms with Gasteiger partial charge in [0.2, 0.25) is 0 Å². The molecule has 0 atom stereocenters. The lowest BCUT2D eigenvalue weighted by molar-refractivity contribution is 1.62. The Labute approximate surface area is 295 Å². The summed E-state index contributed by atoms with van der Waals surface area (Å²) in [6.45, 7) is 0. The van der Waals surface area contributed by atoms with E-state index in [0.717, 1.165) is 16.3 Å². The number of hydrogen-bond donors (Lipinski definition) is 0. The largest absolute Gasteiger partial charge is 0.0636 e. The van der Waals surface area contributed by atoms with Gasteiger partial charge in [-0.2, -0.15) is 0 Å². The van der Waals surface area contributed by atoms with Crippen LogP contribution < -0.4 is 0 Å². The molecule has 0 saturated heterocycles. The zero-order valence-electron chi connectivity index (χ0n) is 42.9. The quantitative estimate of drug-likeness (QED) is 0.176. The summed E-state index contributed by atoms with van der Waals surface area (Å²) >= 11 is 0. The minimum atomic E-state index is -0.842. The van der Waals surface area contributed by atoms with E-state index in [1.807, 2.05) is 42.5 Å². The van der Waals surface area contributed by atoms with Crippen LogP contribution in [0.4, 0.5) is 0 Å². The van der Waals surface area contributed by atoms with Crippen LogP contribution in [0.2, 0.25) is 0 Å². The first kappa shape index (κ1) is 13.6. The summed E-state index contributed by atoms with van der Waals surface area (Å²) in [6.07, 6.45) is 0. The Morgan fingerprint density at radius 1 is 0.304 bits per heavy atom. The van der Waals surface area contributed by atoms with Gasteiger partial charge in [-0.25, -0.2) is 0 Å². The summed E-state index contributed by atoms with van der Waals surface area (Å²) in [5.74, 6) is 0. The van der Waals surface area contributed by atoms with E-state index in [9.17, 15) is 9.60 Å². The number of hydrogen-bond acceptors (Lipinski definition) is 0. The van der Waals surface area contributed by atoms with Crippen molar-refractivity contribution >= 4 is 43.1 Å². The van der Waals surface area contributed by atoms with Crippen LogP contribution in [0.1, 0.15) is 26.0 Å². The third-order valence-corrected chi connectivity index (χ3v) is 7.98. The Kier molecular flexibility index (Phi) is 3.21. The normalized spacial score (nSPS) is 17.3. The molecule has 0 aliphatic rings. The Bertz CT molecular complexity index is 3620. The number of rotatable bonds is 4. The van der Waals surface area contributed by atoms with Crippen LogP contribution in [-0.2, 0) is 0 Å². The molecule has 0 nitrogen and oxygen atoms in total. The van der Waals surface area contributed by atoms with Gasteiger partial charge in [0.1, 0.15) is 0 Å². The fourth-order valence-electron chi connectivity index (χ4n) is 5.89. The summed E-state index contributed by atoms with van der Waals surface area (Å²) < 4.78 is 171. The maximum absolute atomic E-state index is 9.99. The van der Waals surface area contributed by atoms with Crippen LogP contribution in [-0.4, -0.2) is 0 Å². The minimum absolute atomic E-state index is 0.0904. The highest BCUT2D eigenvalue weighted by molar-refractivity contribution is 6.22. The summed E-state index contributed by atoms with van der Waals surface area (Å²) in [4.78, 5) is 0. The van der Waals surface area contributed by atoms with Crippen molar-refractivity contribution in [1.29, 1.82) is 0 Å². The van der Waals surface area contributed by atoms with Crippen LogP contribution in [0.15, 0.2) is 182 Å². The van der Waals surface area contributed by atoms with Gasteiger partial charge in [-0.3, -0.25) is 0 Å². The predicted molar refractivity (Wildman–Crippen MR) is 198 cm³/mol. The lowest BCUT2D eigenvalue weighted by atomic mass is 9.84. The molecular weight excluding hydrogens is 553 g/mol. The molecule has 0 amide bonds. The molecule has 0 radical (unpaired) electrons. The molecule has 9 aromatic rings. The van der Waals surface area contributed by atoms with Crippen molar-refractivity contribution in [3.63, 3.8) is 0 Å². The molecule has 0 heteroatoms. The van der Waals surface area contributed by atoms with Crippen molar-refractivity contribution < 1.29 is 26.0 Å². The van der Waals surface area contributed by atoms with Crippen LogP contribution in [0.25, 0.3) is 87.6 Å². The van der Waals surface area contributed by atoms with Crippen molar-refractivity contribution in [2.24, 2.45) is 0 Å². The van der Waals surface area contributed by atoms with E-state index in [4.69, 9.17) is 16.4 Å². The molecule has 9 rings (SSSR count). The van der Waals surface area contributed by atoms with Crippen LogP contribution >= 0.6 is 0 Å². The lowest BCUT2D eigenvalue weighted by Crippen LogP contribution is -1.92. The molecule has 0 fully saturated rings. The van der Waals surface area contributed by atoms with Gasteiger partial charge < -0.3 is 0 Å². The van der Waals surface area contributed by atoms with E-state index in [-0.39, 0.29) is 27.3 Å². The van der Waals surface area contributed by atoms with Gasteiger partial charge in [0.05, 0.1) is 26.0 Å². The number of fused-ring (bicyclic) bond motifs is 4. The SMILES string of the molecule is [2H]c1c([2H])c([2H])c(-c2c([2H])c([2H])c3c(-c4c([2H])c([2H])c5c([2H])c([2H])c([2H])c([2H])c5c4[2H])c4c([2H])c([2H])c([2H])c([2H])c4c(-c4cccc(-c5ccc6ccccc6c5)c4)c3c2[2H])c([2H])c1[2H]. The van der Waals surface area contributed by atoms with Gasteiger partial charge >= 0.3 is 0 Å². The third kappa shape index (κ3) is 4.47. The average molecular weight is 602 g/mol. The van der Waals surface area contributed by atoms with E-state index in [0.29, 0.717) is 5.56 Å². The third-order valence-electron chi connectivity index (χ3n) is 7.98. The smallest absolute Gasteiger partial charge is 0.0622 e. The van der Waals surface area contributed by atoms with Crippen molar-refractivity contribution in [2.75, 3.05) is 0 Å². The van der Waals surface area contributed by atoms with Gasteiger partial charge in [0.25, 0.3) is 0 Å². The molecule has 0 aliphatic heterocycles. The van der Waals surface area contributed by atoms with Crippen LogP contribution in [0, 0.1) is 0 Å². The second kappa shape index (κ2) is 10.9. The van der Waals surface area contributed by atoms with Crippen molar-refractivity contribution in [1.82, 2.24) is 0 Å². The van der Waals surface area contributed by atoms with Gasteiger partial charge in [0, 0.05) is 0 Å². The van der Waals surface area contributed by atoms with Gasteiger partial charge in [-0.15, -0.1) is 0 Å². The minimum Gasteiger partial charge on any atom is -0.0622 e. The highest BCUT2D eigenvalue weighted by atomic mass is 14.2. The molecule has 0 heterocycles. The predicted octanol–water partition coefficient (Wildman–Crippen LogP) is 13.0. The molecule has 214 valence electrons. The summed E-state index contributed by atoms with van der Waals surface area (Å²) in [5.41, 5.74) is -0.752. The van der Waals surface area contributed by atoms with E-state index in [2.05, 4.69) is 0 Å². The molecule has 0 spiro atoms. The van der Waals surface area contributed by atoms with Gasteiger partial charge in [-0.05, 0) is 112 Å². The molecule has 0 aliphatic carbocycles. The first-order valence-corrected chi connectivity index (χ1v) is 14.4. The van der Waals surface area contributed by atoms with Crippen molar-refractivity contribution in [3.05, 3.63) is 182 Å². The molecule has 0 N–H and O–H groups in total. The number of benzene rings is 9. The van der Waals surface area contributed by atoms with Crippen LogP contribution in [0.3, 0.4) is 0 Å². The molecule has 46 heavy (non-hydrogen) atoms. The van der Waals surface area contributed by atoms with Crippen molar-refractivity contribution in [3.8, 4) is 44.5 Å². The molecule has 0 aromatic heterocycles. The summed E-state index contributed by atoms with van der Waals surface area (Å²) in [7, 11) is 0. The zero-order valence-corrected chi connectivity index (χ0v) is 23.9. The second-order valence-corrected chi connectivity index (χ2v) is 10.6. The summed E-state index contributed by atoms with van der Waals surface area (Å²) in [6, 6.07) is 5.76. The summed E-state index contributed by atoms with van der Waals surface area (Å²) in [5, 5.41) is -0.518. The molecule has 0 bridgehead atoms. The van der Waals surface area contributed by atoms with E-state index in [1.165, 1.54) is 0 Å². The Balaban J connectivity index is 1.58. The fourth-order valence-corrected chi connectivity index (χ4v) is 5.89. The highest BCUT2D eigenvalue weighted by Gasteiger charge is 2.18. The fraction of sp³-hybridized carbons (Fsp3) is 0. The van der Waals surface area contributed by atoms with E-state index >= 15 is 0 Å². The second-order valence-electron chi connectivity index (χ2n) is 10.6. The van der Waals surface area contributed by atoms with Gasteiger partial charge in [0.15, 0.2) is 0 Å². The molecule has 9 aromatic carbocycles. The van der Waals surface area contributed by atoms with Crippen molar-refractivity contribution in [2.45, 2.75) is 0 Å². The first-order valence-electron chi connectivity index (χ1n) is 23.9. The monoisotopic (exact) mass is 601 g/mol. The Morgan fingerprint density at radius 2 is 0.957 bits per heavy atom.